The van der Waals surface area contributed by atoms with Crippen molar-refractivity contribution in [1.29, 1.82) is 0 Å². The number of allylic oxidation sites excluding steroid dienone is 1. The Morgan fingerprint density at radius 1 is 1.24 bits per heavy atom. The van der Waals surface area contributed by atoms with Gasteiger partial charge in [0, 0.05) is 0 Å². The first-order valence-corrected chi connectivity index (χ1v) is 7.65. The molecule has 0 aliphatic heterocycles. The van der Waals surface area contributed by atoms with Crippen LogP contribution < -0.4 is 0 Å². The summed E-state index contributed by atoms with van der Waals surface area (Å²) >= 11 is 0. The normalized spacial score (nSPS) is 22.0. The van der Waals surface area contributed by atoms with E-state index in [1.165, 1.54) is 56.9 Å². The van der Waals surface area contributed by atoms with Crippen LogP contribution in [-0.2, 0) is 0 Å². The molecule has 0 aromatic heterocycles. The molecule has 0 amide bonds. The van der Waals surface area contributed by atoms with E-state index in [0.29, 0.717) is 5.41 Å². The van der Waals surface area contributed by atoms with Crippen molar-refractivity contribution in [2.75, 3.05) is 0 Å². The van der Waals surface area contributed by atoms with E-state index < -0.39 is 0 Å². The van der Waals surface area contributed by atoms with Gasteiger partial charge in [0.05, 0.1) is 0 Å². The van der Waals surface area contributed by atoms with Crippen LogP contribution in [0.5, 0.6) is 0 Å². The molecule has 0 aromatic rings. The van der Waals surface area contributed by atoms with Gasteiger partial charge in [0.1, 0.15) is 0 Å². The van der Waals surface area contributed by atoms with Crippen LogP contribution >= 0.6 is 0 Å². The molecule has 1 aliphatic carbocycles. The van der Waals surface area contributed by atoms with E-state index in [1.807, 2.05) is 0 Å². The van der Waals surface area contributed by atoms with Crippen molar-refractivity contribution in [3.05, 3.63) is 12.2 Å². The molecule has 0 aromatic carbocycles. The Bertz CT molecular complexity index is 230. The molecular weight excluding hydrogens is 204 g/mol. The zero-order chi connectivity index (χ0) is 12.9. The lowest BCUT2D eigenvalue weighted by atomic mass is 9.64. The molecule has 2 atom stereocenters. The second-order valence-corrected chi connectivity index (χ2v) is 6.83. The SMILES string of the molecule is C=C1CC(C)(CCCC(CC)CC(C)CC)C1. The molecule has 0 saturated heterocycles. The quantitative estimate of drug-likeness (QED) is 0.455. The molecule has 0 radical (unpaired) electrons. The van der Waals surface area contributed by atoms with Gasteiger partial charge in [-0.15, -0.1) is 0 Å². The lowest BCUT2D eigenvalue weighted by Gasteiger charge is -2.41. The molecule has 1 aliphatic rings. The van der Waals surface area contributed by atoms with Crippen LogP contribution in [0.15, 0.2) is 12.2 Å². The van der Waals surface area contributed by atoms with Crippen molar-refractivity contribution in [3.8, 4) is 0 Å². The first-order valence-electron chi connectivity index (χ1n) is 7.65. The smallest absolute Gasteiger partial charge is 0.0252 e. The molecule has 0 N–H and O–H groups in total. The summed E-state index contributed by atoms with van der Waals surface area (Å²) < 4.78 is 0. The monoisotopic (exact) mass is 236 g/mol. The van der Waals surface area contributed by atoms with Gasteiger partial charge < -0.3 is 0 Å². The van der Waals surface area contributed by atoms with Gasteiger partial charge in [-0.1, -0.05) is 65.5 Å². The zero-order valence-corrected chi connectivity index (χ0v) is 12.5. The summed E-state index contributed by atoms with van der Waals surface area (Å²) in [5, 5.41) is 0. The van der Waals surface area contributed by atoms with Crippen molar-refractivity contribution in [2.45, 2.75) is 79.1 Å². The largest absolute Gasteiger partial charge is 0.0998 e. The van der Waals surface area contributed by atoms with E-state index in [0.717, 1.165) is 11.8 Å². The highest BCUT2D eigenvalue weighted by Crippen LogP contribution is 2.47. The fourth-order valence-electron chi connectivity index (χ4n) is 3.37. The van der Waals surface area contributed by atoms with E-state index in [1.54, 1.807) is 0 Å². The second-order valence-electron chi connectivity index (χ2n) is 6.83. The minimum absolute atomic E-state index is 0.617. The van der Waals surface area contributed by atoms with Crippen LogP contribution in [0, 0.1) is 17.3 Å². The summed E-state index contributed by atoms with van der Waals surface area (Å²) in [7, 11) is 0. The van der Waals surface area contributed by atoms with Gasteiger partial charge in [0.25, 0.3) is 0 Å². The maximum absolute atomic E-state index is 4.07. The van der Waals surface area contributed by atoms with E-state index in [9.17, 15) is 0 Å². The standard InChI is InChI=1S/C17H32/c1-6-14(3)11-16(7-2)9-8-10-17(5)12-15(4)13-17/h14,16H,4,6-13H2,1-3,5H3. The van der Waals surface area contributed by atoms with Gasteiger partial charge in [0.15, 0.2) is 0 Å². The predicted molar refractivity (Wildman–Crippen MR) is 78.2 cm³/mol. The van der Waals surface area contributed by atoms with E-state index >= 15 is 0 Å². The summed E-state index contributed by atoms with van der Waals surface area (Å²) in [4.78, 5) is 0. The van der Waals surface area contributed by atoms with E-state index in [4.69, 9.17) is 0 Å². The molecule has 0 bridgehead atoms. The first kappa shape index (κ1) is 14.8. The third kappa shape index (κ3) is 4.85. The Morgan fingerprint density at radius 3 is 2.35 bits per heavy atom. The van der Waals surface area contributed by atoms with Gasteiger partial charge in [-0.05, 0) is 42.9 Å². The highest BCUT2D eigenvalue weighted by Gasteiger charge is 2.34. The summed E-state index contributed by atoms with van der Waals surface area (Å²) in [5.41, 5.74) is 2.09. The lowest BCUT2D eigenvalue weighted by Crippen LogP contribution is -2.27. The molecule has 0 heterocycles. The van der Waals surface area contributed by atoms with E-state index in [-0.39, 0.29) is 0 Å². The Morgan fingerprint density at radius 2 is 1.88 bits per heavy atom. The number of hydrogen-bond donors (Lipinski definition) is 0. The molecule has 17 heavy (non-hydrogen) atoms. The predicted octanol–water partition coefficient (Wildman–Crippen LogP) is 5.98. The van der Waals surface area contributed by atoms with Gasteiger partial charge in [-0.3, -0.25) is 0 Å². The van der Waals surface area contributed by atoms with Crippen molar-refractivity contribution >= 4 is 0 Å². The van der Waals surface area contributed by atoms with Gasteiger partial charge in [-0.2, -0.15) is 0 Å². The van der Waals surface area contributed by atoms with Crippen LogP contribution in [0.25, 0.3) is 0 Å². The Kier molecular flexibility index (Phi) is 5.76. The topological polar surface area (TPSA) is 0 Å². The zero-order valence-electron chi connectivity index (χ0n) is 12.5. The van der Waals surface area contributed by atoms with Crippen LogP contribution in [0.3, 0.4) is 0 Å². The van der Waals surface area contributed by atoms with Gasteiger partial charge in [0.2, 0.25) is 0 Å². The average molecular weight is 236 g/mol. The maximum atomic E-state index is 4.07. The van der Waals surface area contributed by atoms with Crippen molar-refractivity contribution < 1.29 is 0 Å². The fourth-order valence-corrected chi connectivity index (χ4v) is 3.37. The Hall–Kier alpha value is -0.260. The summed E-state index contributed by atoms with van der Waals surface area (Å²) in [6.07, 6.45) is 11.0. The average Bonchev–Trinajstić information content (AvgIpc) is 2.25. The second kappa shape index (κ2) is 6.61. The molecule has 2 unspecified atom stereocenters. The third-order valence-corrected chi connectivity index (χ3v) is 4.76. The molecule has 0 spiro atoms. The van der Waals surface area contributed by atoms with E-state index in [2.05, 4.69) is 34.3 Å². The minimum Gasteiger partial charge on any atom is -0.0998 e. The van der Waals surface area contributed by atoms with Crippen LogP contribution in [0.1, 0.15) is 79.1 Å². The molecule has 1 fully saturated rings. The number of hydrogen-bond acceptors (Lipinski definition) is 0. The maximum Gasteiger partial charge on any atom is -0.0252 e. The summed E-state index contributed by atoms with van der Waals surface area (Å²) in [6, 6.07) is 0. The van der Waals surface area contributed by atoms with Crippen molar-refractivity contribution in [2.24, 2.45) is 17.3 Å². The molecule has 1 saturated carbocycles. The first-order chi connectivity index (χ1) is 7.99. The molecular formula is C17H32. The van der Waals surface area contributed by atoms with Crippen LogP contribution in [0.4, 0.5) is 0 Å². The highest BCUT2D eigenvalue weighted by atomic mass is 14.4. The number of rotatable bonds is 8. The lowest BCUT2D eigenvalue weighted by molar-refractivity contribution is 0.201. The summed E-state index contributed by atoms with van der Waals surface area (Å²) in [6.45, 7) is 13.6. The van der Waals surface area contributed by atoms with Crippen LogP contribution in [0.2, 0.25) is 0 Å². The fraction of sp³-hybridized carbons (Fsp3) is 0.882. The Balaban J connectivity index is 2.17. The van der Waals surface area contributed by atoms with Crippen molar-refractivity contribution in [1.82, 2.24) is 0 Å². The highest BCUT2D eigenvalue weighted by molar-refractivity contribution is 5.13. The van der Waals surface area contributed by atoms with Gasteiger partial charge in [-0.25, -0.2) is 0 Å². The van der Waals surface area contributed by atoms with Crippen molar-refractivity contribution in [3.63, 3.8) is 0 Å². The third-order valence-electron chi connectivity index (χ3n) is 4.76. The minimum atomic E-state index is 0.617. The van der Waals surface area contributed by atoms with Gasteiger partial charge >= 0.3 is 0 Å². The summed E-state index contributed by atoms with van der Waals surface area (Å²) in [5.74, 6) is 1.89. The molecule has 1 rings (SSSR count). The molecule has 100 valence electrons. The Labute approximate surface area is 109 Å². The molecule has 0 heteroatoms. The molecule has 0 nitrogen and oxygen atoms in total. The van der Waals surface area contributed by atoms with Crippen LogP contribution in [-0.4, -0.2) is 0 Å².